The zero-order valence-corrected chi connectivity index (χ0v) is 13.6. The minimum Gasteiger partial charge on any atom is -0.352 e. The van der Waals surface area contributed by atoms with Crippen molar-refractivity contribution < 1.29 is 9.59 Å². The zero-order valence-electron chi connectivity index (χ0n) is 12.0. The lowest BCUT2D eigenvalue weighted by Crippen LogP contribution is -2.26. The third-order valence-corrected chi connectivity index (χ3v) is 3.33. The monoisotopic (exact) mass is 361 g/mol. The quantitative estimate of drug-likeness (QED) is 0.773. The highest BCUT2D eigenvalue weighted by Gasteiger charge is 2.12. The zero-order chi connectivity index (χ0) is 15.9. The Labute approximate surface area is 137 Å². The summed E-state index contributed by atoms with van der Waals surface area (Å²) >= 11 is 3.34. The summed E-state index contributed by atoms with van der Waals surface area (Å²) in [7, 11) is 0. The Morgan fingerprint density at radius 2 is 1.82 bits per heavy atom. The summed E-state index contributed by atoms with van der Waals surface area (Å²) in [6, 6.07) is 13.7. The van der Waals surface area contributed by atoms with Gasteiger partial charge in [-0.1, -0.05) is 34.1 Å². The van der Waals surface area contributed by atoms with E-state index in [-0.39, 0.29) is 5.91 Å². The van der Waals surface area contributed by atoms with Gasteiger partial charge >= 0.3 is 6.03 Å². The number of rotatable bonds is 4. The molecule has 0 aliphatic carbocycles. The molecule has 0 saturated carbocycles. The molecule has 2 rings (SSSR count). The molecule has 22 heavy (non-hydrogen) atoms. The van der Waals surface area contributed by atoms with Crippen molar-refractivity contribution in [1.29, 1.82) is 0 Å². The summed E-state index contributed by atoms with van der Waals surface area (Å²) in [5, 5.41) is 8.13. The van der Waals surface area contributed by atoms with Crippen LogP contribution in [0.15, 0.2) is 53.0 Å². The molecule has 2 aromatic rings. The van der Waals surface area contributed by atoms with Gasteiger partial charge in [0.25, 0.3) is 5.91 Å². The number of hydrogen-bond acceptors (Lipinski definition) is 2. The van der Waals surface area contributed by atoms with Gasteiger partial charge in [-0.3, -0.25) is 4.79 Å². The molecular formula is C16H16BrN3O2. The van der Waals surface area contributed by atoms with Crippen LogP contribution in [-0.4, -0.2) is 18.5 Å². The first-order chi connectivity index (χ1) is 10.6. The van der Waals surface area contributed by atoms with Gasteiger partial charge in [-0.05, 0) is 37.3 Å². The highest BCUT2D eigenvalue weighted by Crippen LogP contribution is 2.18. The number of nitrogens with one attached hydrogen (secondary N) is 3. The second-order valence-corrected chi connectivity index (χ2v) is 5.41. The number of carbonyl (C=O) groups is 2. The lowest BCUT2D eigenvalue weighted by molar-refractivity contribution is 0.0956. The third-order valence-electron chi connectivity index (χ3n) is 2.84. The molecule has 0 bridgehead atoms. The molecule has 0 fully saturated rings. The largest absolute Gasteiger partial charge is 0.352 e. The summed E-state index contributed by atoms with van der Waals surface area (Å²) in [4.78, 5) is 24.0. The van der Waals surface area contributed by atoms with Crippen LogP contribution in [0, 0.1) is 0 Å². The highest BCUT2D eigenvalue weighted by atomic mass is 79.9. The minimum atomic E-state index is -0.408. The van der Waals surface area contributed by atoms with E-state index in [1.807, 2.05) is 19.1 Å². The van der Waals surface area contributed by atoms with Gasteiger partial charge in [0.05, 0.1) is 11.3 Å². The van der Waals surface area contributed by atoms with Gasteiger partial charge in [0.2, 0.25) is 0 Å². The van der Waals surface area contributed by atoms with Crippen molar-refractivity contribution in [2.24, 2.45) is 0 Å². The number of urea groups is 1. The molecule has 0 heterocycles. The Hall–Kier alpha value is -2.34. The summed E-state index contributed by atoms with van der Waals surface area (Å²) < 4.78 is 0.869. The number of benzene rings is 2. The van der Waals surface area contributed by atoms with Crippen LogP contribution in [0.1, 0.15) is 17.3 Å². The van der Waals surface area contributed by atoms with Gasteiger partial charge in [-0.2, -0.15) is 0 Å². The number of para-hydroxylation sites is 1. The van der Waals surface area contributed by atoms with Crippen LogP contribution >= 0.6 is 15.9 Å². The van der Waals surface area contributed by atoms with Crippen LogP contribution in [-0.2, 0) is 0 Å². The Morgan fingerprint density at radius 3 is 2.55 bits per heavy atom. The normalized spacial score (nSPS) is 9.91. The van der Waals surface area contributed by atoms with Crippen LogP contribution in [0.3, 0.4) is 0 Å². The van der Waals surface area contributed by atoms with E-state index in [0.29, 0.717) is 23.5 Å². The first-order valence-electron chi connectivity index (χ1n) is 6.81. The van der Waals surface area contributed by atoms with E-state index in [9.17, 15) is 9.59 Å². The van der Waals surface area contributed by atoms with Crippen LogP contribution < -0.4 is 16.0 Å². The van der Waals surface area contributed by atoms with Crippen molar-refractivity contribution in [3.63, 3.8) is 0 Å². The molecule has 3 amide bonds. The van der Waals surface area contributed by atoms with Crippen LogP contribution in [0.4, 0.5) is 16.2 Å². The second-order valence-electron chi connectivity index (χ2n) is 4.49. The summed E-state index contributed by atoms with van der Waals surface area (Å²) in [5.74, 6) is -0.221. The number of amides is 3. The molecule has 0 atom stereocenters. The van der Waals surface area contributed by atoms with E-state index in [2.05, 4.69) is 31.9 Å². The van der Waals surface area contributed by atoms with Gasteiger partial charge in [-0.15, -0.1) is 0 Å². The SMILES string of the molecule is CCNC(=O)c1ccccc1NC(=O)Nc1cccc(Br)c1. The van der Waals surface area contributed by atoms with Gasteiger partial charge in [0.15, 0.2) is 0 Å². The molecule has 0 aromatic heterocycles. The molecule has 0 unspecified atom stereocenters. The topological polar surface area (TPSA) is 70.2 Å². The maximum Gasteiger partial charge on any atom is 0.323 e. The van der Waals surface area contributed by atoms with E-state index < -0.39 is 6.03 Å². The van der Waals surface area contributed by atoms with Gasteiger partial charge < -0.3 is 16.0 Å². The van der Waals surface area contributed by atoms with Crippen LogP contribution in [0.2, 0.25) is 0 Å². The predicted octanol–water partition coefficient (Wildman–Crippen LogP) is 3.84. The minimum absolute atomic E-state index is 0.221. The Bertz CT molecular complexity index is 689. The van der Waals surface area contributed by atoms with Gasteiger partial charge in [0, 0.05) is 16.7 Å². The highest BCUT2D eigenvalue weighted by molar-refractivity contribution is 9.10. The summed E-state index contributed by atoms with van der Waals surface area (Å²) in [6.07, 6.45) is 0. The fourth-order valence-electron chi connectivity index (χ4n) is 1.90. The van der Waals surface area contributed by atoms with Crippen molar-refractivity contribution in [1.82, 2.24) is 5.32 Å². The van der Waals surface area contributed by atoms with E-state index in [1.165, 1.54) is 0 Å². The van der Waals surface area contributed by atoms with Crippen molar-refractivity contribution in [2.75, 3.05) is 17.2 Å². The molecule has 2 aromatic carbocycles. The van der Waals surface area contributed by atoms with E-state index in [4.69, 9.17) is 0 Å². The number of hydrogen-bond donors (Lipinski definition) is 3. The van der Waals surface area contributed by atoms with E-state index in [0.717, 1.165) is 4.47 Å². The average Bonchev–Trinajstić information content (AvgIpc) is 2.48. The third kappa shape index (κ3) is 4.33. The first kappa shape index (κ1) is 16.0. The van der Waals surface area contributed by atoms with Gasteiger partial charge in [-0.25, -0.2) is 4.79 Å². The Kier molecular flexibility index (Phi) is 5.55. The fourth-order valence-corrected chi connectivity index (χ4v) is 2.30. The van der Waals surface area contributed by atoms with E-state index >= 15 is 0 Å². The van der Waals surface area contributed by atoms with Crippen molar-refractivity contribution >= 4 is 39.2 Å². The fraction of sp³-hybridized carbons (Fsp3) is 0.125. The smallest absolute Gasteiger partial charge is 0.323 e. The standard InChI is InChI=1S/C16H16BrN3O2/c1-2-18-15(21)13-8-3-4-9-14(13)20-16(22)19-12-7-5-6-11(17)10-12/h3-10H,2H2,1H3,(H,18,21)(H2,19,20,22). The Balaban J connectivity index is 2.10. The number of halogens is 1. The molecule has 0 aliphatic heterocycles. The second kappa shape index (κ2) is 7.61. The molecule has 114 valence electrons. The van der Waals surface area contributed by atoms with Crippen LogP contribution in [0.5, 0.6) is 0 Å². The predicted molar refractivity (Wildman–Crippen MR) is 91.2 cm³/mol. The van der Waals surface area contributed by atoms with Crippen molar-refractivity contribution in [3.05, 3.63) is 58.6 Å². The molecular weight excluding hydrogens is 346 g/mol. The molecule has 0 aliphatic rings. The molecule has 0 spiro atoms. The number of carbonyl (C=O) groups excluding carboxylic acids is 2. The maximum absolute atomic E-state index is 12.1. The lowest BCUT2D eigenvalue weighted by atomic mass is 10.1. The molecule has 6 heteroatoms. The van der Waals surface area contributed by atoms with Crippen LogP contribution in [0.25, 0.3) is 0 Å². The molecule has 3 N–H and O–H groups in total. The van der Waals surface area contributed by atoms with E-state index in [1.54, 1.807) is 36.4 Å². The van der Waals surface area contributed by atoms with Crippen molar-refractivity contribution in [2.45, 2.75) is 6.92 Å². The Morgan fingerprint density at radius 1 is 1.05 bits per heavy atom. The van der Waals surface area contributed by atoms with Crippen molar-refractivity contribution in [3.8, 4) is 0 Å². The maximum atomic E-state index is 12.1. The molecule has 5 nitrogen and oxygen atoms in total. The molecule has 0 radical (unpaired) electrons. The molecule has 0 saturated heterocycles. The number of anilines is 2. The van der Waals surface area contributed by atoms with Gasteiger partial charge in [0.1, 0.15) is 0 Å². The average molecular weight is 362 g/mol. The lowest BCUT2D eigenvalue weighted by Gasteiger charge is -2.11. The first-order valence-corrected chi connectivity index (χ1v) is 7.60. The summed E-state index contributed by atoms with van der Waals surface area (Å²) in [5.41, 5.74) is 1.54. The summed E-state index contributed by atoms with van der Waals surface area (Å²) in [6.45, 7) is 2.37.